The zero-order chi connectivity index (χ0) is 15.8. The first-order valence-corrected chi connectivity index (χ1v) is 17.5. The van der Waals surface area contributed by atoms with Gasteiger partial charge in [0.2, 0.25) is 0 Å². The van der Waals surface area contributed by atoms with Crippen molar-refractivity contribution in [3.63, 3.8) is 0 Å². The summed E-state index contributed by atoms with van der Waals surface area (Å²) in [6.45, 7) is 4.27. The van der Waals surface area contributed by atoms with Crippen LogP contribution in [0, 0.1) is 0 Å². The Bertz CT molecular complexity index is 608. The predicted octanol–water partition coefficient (Wildman–Crippen LogP) is 4.12. The van der Waals surface area contributed by atoms with Crippen LogP contribution in [0.4, 0.5) is 0 Å². The molecule has 0 aromatic heterocycles. The van der Waals surface area contributed by atoms with Crippen LogP contribution >= 0.6 is 26.9 Å². The van der Waals surface area contributed by atoms with E-state index in [4.69, 9.17) is 19.5 Å². The van der Waals surface area contributed by atoms with Gasteiger partial charge >= 0.3 is 146 Å². The molecule has 0 unspecified atom stereocenters. The molecule has 0 aromatic rings. The molecule has 2 heterocycles. The van der Waals surface area contributed by atoms with Crippen molar-refractivity contribution >= 4 is 40.6 Å². The van der Waals surface area contributed by atoms with Gasteiger partial charge in [0.05, 0.1) is 0 Å². The summed E-state index contributed by atoms with van der Waals surface area (Å²) in [6, 6.07) is 0.361. The van der Waals surface area contributed by atoms with Crippen LogP contribution in [-0.2, 0) is 19.3 Å². The van der Waals surface area contributed by atoms with E-state index in [2.05, 4.69) is 45.7 Å². The van der Waals surface area contributed by atoms with Gasteiger partial charge in [-0.05, 0) is 0 Å². The van der Waals surface area contributed by atoms with Gasteiger partial charge in [0.15, 0.2) is 0 Å². The monoisotopic (exact) mass is 526 g/mol. The third-order valence-electron chi connectivity index (χ3n) is 5.59. The molecule has 2 spiro atoms. The Balaban J connectivity index is 1.66. The molecule has 2 aliphatic carbocycles. The van der Waals surface area contributed by atoms with Gasteiger partial charge in [-0.1, -0.05) is 0 Å². The Labute approximate surface area is 144 Å². The minimum absolute atomic E-state index is 0.107. The number of ether oxygens (including phenoxy) is 2. The van der Waals surface area contributed by atoms with Gasteiger partial charge in [0.1, 0.15) is 0 Å². The number of halogens is 2. The van der Waals surface area contributed by atoms with Crippen molar-refractivity contribution < 1.29 is 19.3 Å². The van der Waals surface area contributed by atoms with Gasteiger partial charge in [0, 0.05) is 0 Å². The second-order valence-electron chi connectivity index (χ2n) is 6.86. The van der Waals surface area contributed by atoms with E-state index in [-0.39, 0.29) is 23.3 Å². The maximum atomic E-state index is 6.34. The molecule has 0 radical (unpaired) electrons. The second-order valence-corrected chi connectivity index (χ2v) is 29.0. The van der Waals surface area contributed by atoms with Gasteiger partial charge in [-0.3, -0.25) is 0 Å². The van der Waals surface area contributed by atoms with Gasteiger partial charge < -0.3 is 0 Å². The molecule has 7 heteroatoms. The van der Waals surface area contributed by atoms with E-state index < -0.39 is 9.83 Å². The zero-order valence-electron chi connectivity index (χ0n) is 12.9. The molecule has 4 nitrogen and oxygen atoms in total. The molecule has 0 N–H and O–H groups in total. The summed E-state index contributed by atoms with van der Waals surface area (Å²) in [5.41, 5.74) is -0.213. The van der Waals surface area contributed by atoms with Crippen molar-refractivity contribution in [1.29, 1.82) is 0 Å². The predicted molar refractivity (Wildman–Crippen MR) is 94.1 cm³/mol. The van der Waals surface area contributed by atoms with Crippen LogP contribution in [0.2, 0.25) is 0 Å². The molecule has 2 fully saturated rings. The topological polar surface area (TPSA) is 43.2 Å². The number of hydrogen-bond donors (Lipinski definition) is 0. The van der Waals surface area contributed by atoms with Gasteiger partial charge in [-0.25, -0.2) is 0 Å². The van der Waals surface area contributed by atoms with Crippen molar-refractivity contribution in [2.24, 2.45) is 9.98 Å². The fourth-order valence-corrected chi connectivity index (χ4v) is 9.16. The molecular formula is C15H22Br2N2O2Pd. The van der Waals surface area contributed by atoms with E-state index in [0.717, 1.165) is 25.7 Å². The first-order valence-electron chi connectivity index (χ1n) is 7.71. The Kier molecular flexibility index (Phi) is 3.28. The quantitative estimate of drug-likeness (QED) is 0.506. The molecule has 22 heavy (non-hydrogen) atoms. The Morgan fingerprint density at radius 2 is 1.32 bits per heavy atom. The summed E-state index contributed by atoms with van der Waals surface area (Å²) in [6.07, 6.45) is 6.73. The van der Waals surface area contributed by atoms with Crippen LogP contribution in [0.5, 0.6) is 0 Å². The SMILES string of the molecule is [CH2]=[Pd]([Br])([Br])([C]1=N[C@@H](C)C2(CCC2)O1)[C]1=N[C@@H](C)C2(CCC2)O1. The second kappa shape index (κ2) is 4.53. The molecule has 0 amide bonds. The Morgan fingerprint density at radius 3 is 1.55 bits per heavy atom. The average Bonchev–Trinajstić information content (AvgIpc) is 2.86. The Morgan fingerprint density at radius 1 is 0.955 bits per heavy atom. The maximum absolute atomic E-state index is 6.34. The van der Waals surface area contributed by atoms with E-state index in [9.17, 15) is 0 Å². The fraction of sp³-hybridized carbons (Fsp3) is 0.800. The fourth-order valence-electron chi connectivity index (χ4n) is 3.48. The summed E-state index contributed by atoms with van der Waals surface area (Å²) in [5.74, 6) is 0. The molecule has 2 aliphatic heterocycles. The van der Waals surface area contributed by atoms with Crippen molar-refractivity contribution in [1.82, 2.24) is 0 Å². The summed E-state index contributed by atoms with van der Waals surface area (Å²) >= 11 is 7.72. The van der Waals surface area contributed by atoms with E-state index in [1.54, 1.807) is 0 Å². The number of nitrogens with zero attached hydrogens (tertiary/aromatic N) is 2. The van der Waals surface area contributed by atoms with Crippen LogP contribution in [0.1, 0.15) is 52.4 Å². The van der Waals surface area contributed by atoms with Crippen molar-refractivity contribution in [2.45, 2.75) is 75.7 Å². The van der Waals surface area contributed by atoms with Crippen LogP contribution < -0.4 is 0 Å². The van der Waals surface area contributed by atoms with Gasteiger partial charge in [0.25, 0.3) is 0 Å². The van der Waals surface area contributed by atoms with E-state index in [1.807, 2.05) is 0 Å². The van der Waals surface area contributed by atoms with Crippen LogP contribution in [0.25, 0.3) is 0 Å². The molecule has 0 bridgehead atoms. The zero-order valence-corrected chi connectivity index (χ0v) is 17.6. The first kappa shape index (κ1) is 15.9. The number of aliphatic imine (C=N–C) groups is 2. The van der Waals surface area contributed by atoms with E-state index in [0.29, 0.717) is 8.74 Å². The standard InChI is InChI=1S/2C7H10NO.CH2.2BrH.Pd/c2*1-6-7(3-2-4-7)9-5-8-6;;;;/h2*6H,2-4H2,1H3;1H2;2*1H;/q;;;;;+2/p-2/t2*6-;;;;/m00..../s1. The summed E-state index contributed by atoms with van der Waals surface area (Å²) in [5, 5.41) is 0. The van der Waals surface area contributed by atoms with Crippen molar-refractivity contribution in [3.8, 4) is 0 Å². The number of hydrogen-bond acceptors (Lipinski definition) is 4. The molecule has 4 aliphatic rings. The summed E-state index contributed by atoms with van der Waals surface area (Å²) < 4.78 is 14.1. The van der Waals surface area contributed by atoms with Crippen LogP contribution in [-0.4, -0.2) is 37.0 Å². The summed E-state index contributed by atoms with van der Waals surface area (Å²) in [7, 11) is -3.52. The molecule has 0 aromatic carbocycles. The third-order valence-corrected chi connectivity index (χ3v) is 14.0. The third kappa shape index (κ3) is 1.98. The van der Waals surface area contributed by atoms with E-state index in [1.165, 1.54) is 12.8 Å². The van der Waals surface area contributed by atoms with Crippen molar-refractivity contribution in [2.75, 3.05) is 0 Å². The molecule has 2 saturated carbocycles. The Hall–Kier alpha value is 0.432. The van der Waals surface area contributed by atoms with Crippen LogP contribution in [0.3, 0.4) is 0 Å². The normalized spacial score (nSPS) is 36.5. The molecular weight excluding hydrogens is 506 g/mol. The number of rotatable bonds is 2. The minimum atomic E-state index is -3.52. The summed E-state index contributed by atoms with van der Waals surface area (Å²) in [4.78, 5) is 14.1. The molecule has 2 atom stereocenters. The van der Waals surface area contributed by atoms with Crippen molar-refractivity contribution in [3.05, 3.63) is 0 Å². The van der Waals surface area contributed by atoms with Gasteiger partial charge in [-0.15, -0.1) is 0 Å². The van der Waals surface area contributed by atoms with E-state index >= 15 is 0 Å². The molecule has 0 saturated heterocycles. The van der Waals surface area contributed by atoms with Gasteiger partial charge in [-0.2, -0.15) is 0 Å². The molecule has 128 valence electrons. The first-order chi connectivity index (χ1) is 10.2. The average molecular weight is 529 g/mol. The van der Waals surface area contributed by atoms with Crippen LogP contribution in [0.15, 0.2) is 9.98 Å². The molecule has 4 rings (SSSR count).